The Hall–Kier alpha value is -0.570. The van der Waals surface area contributed by atoms with Crippen molar-refractivity contribution in [2.75, 3.05) is 13.2 Å². The van der Waals surface area contributed by atoms with Crippen LogP contribution in [0, 0.1) is 5.41 Å². The van der Waals surface area contributed by atoms with Crippen molar-refractivity contribution < 1.29 is 9.53 Å². The van der Waals surface area contributed by atoms with E-state index < -0.39 is 0 Å². The molecule has 1 fully saturated rings. The SMILES string of the molecule is CCOCC(=O)NC1CCCC(C)(C)C1. The number of ether oxygens (including phenoxy) is 1. The molecule has 1 atom stereocenters. The Bertz CT molecular complexity index is 214. The van der Waals surface area contributed by atoms with Crippen molar-refractivity contribution in [3.8, 4) is 0 Å². The zero-order chi connectivity index (χ0) is 11.3. The molecule has 0 aromatic heterocycles. The summed E-state index contributed by atoms with van der Waals surface area (Å²) in [6, 6.07) is 0.349. The lowest BCUT2D eigenvalue weighted by Gasteiger charge is -2.35. The van der Waals surface area contributed by atoms with Gasteiger partial charge < -0.3 is 10.1 Å². The zero-order valence-electron chi connectivity index (χ0n) is 10.1. The summed E-state index contributed by atoms with van der Waals surface area (Å²) in [5.74, 6) is 0.0274. The summed E-state index contributed by atoms with van der Waals surface area (Å²) in [6.45, 7) is 7.25. The quantitative estimate of drug-likeness (QED) is 0.776. The number of nitrogens with one attached hydrogen (secondary N) is 1. The van der Waals surface area contributed by atoms with Crippen molar-refractivity contribution in [3.05, 3.63) is 0 Å². The molecule has 1 saturated carbocycles. The molecule has 0 aromatic carbocycles. The van der Waals surface area contributed by atoms with Crippen LogP contribution in [0.3, 0.4) is 0 Å². The van der Waals surface area contributed by atoms with E-state index in [0.29, 0.717) is 18.1 Å². The van der Waals surface area contributed by atoms with E-state index >= 15 is 0 Å². The van der Waals surface area contributed by atoms with Gasteiger partial charge in [0.05, 0.1) is 0 Å². The lowest BCUT2D eigenvalue weighted by molar-refractivity contribution is -0.126. The van der Waals surface area contributed by atoms with Gasteiger partial charge in [-0.1, -0.05) is 20.3 Å². The third kappa shape index (κ3) is 4.65. The topological polar surface area (TPSA) is 38.3 Å². The maximum atomic E-state index is 11.4. The third-order valence-electron chi connectivity index (χ3n) is 3.01. The fourth-order valence-electron chi connectivity index (χ4n) is 2.29. The second kappa shape index (κ2) is 5.50. The molecule has 0 heterocycles. The predicted octanol–water partition coefficient (Wildman–Crippen LogP) is 2.11. The number of rotatable bonds is 4. The summed E-state index contributed by atoms with van der Waals surface area (Å²) in [5, 5.41) is 3.05. The summed E-state index contributed by atoms with van der Waals surface area (Å²) >= 11 is 0. The van der Waals surface area contributed by atoms with Gasteiger partial charge in [-0.3, -0.25) is 4.79 Å². The summed E-state index contributed by atoms with van der Waals surface area (Å²) in [6.07, 6.45) is 4.68. The molecule has 1 aliphatic rings. The highest BCUT2D eigenvalue weighted by molar-refractivity contribution is 5.77. The fourth-order valence-corrected chi connectivity index (χ4v) is 2.29. The first kappa shape index (κ1) is 12.5. The van der Waals surface area contributed by atoms with Gasteiger partial charge in [0.2, 0.25) is 5.91 Å². The van der Waals surface area contributed by atoms with Crippen LogP contribution in [0.1, 0.15) is 46.5 Å². The van der Waals surface area contributed by atoms with Crippen LogP contribution in [-0.4, -0.2) is 25.2 Å². The number of amides is 1. The maximum Gasteiger partial charge on any atom is 0.246 e. The molecule has 0 bridgehead atoms. The minimum absolute atomic E-state index is 0.0274. The van der Waals surface area contributed by atoms with Crippen LogP contribution >= 0.6 is 0 Å². The molecule has 0 aliphatic heterocycles. The van der Waals surface area contributed by atoms with Crippen LogP contribution in [0.5, 0.6) is 0 Å². The molecule has 0 saturated heterocycles. The number of hydrogen-bond donors (Lipinski definition) is 1. The molecule has 3 nitrogen and oxygen atoms in total. The van der Waals surface area contributed by atoms with Crippen molar-refractivity contribution in [1.29, 1.82) is 0 Å². The molecule has 15 heavy (non-hydrogen) atoms. The number of carbonyl (C=O) groups is 1. The highest BCUT2D eigenvalue weighted by Crippen LogP contribution is 2.34. The van der Waals surface area contributed by atoms with Crippen molar-refractivity contribution in [3.63, 3.8) is 0 Å². The number of carbonyl (C=O) groups excluding carboxylic acids is 1. The van der Waals surface area contributed by atoms with Gasteiger partial charge in [-0.15, -0.1) is 0 Å². The van der Waals surface area contributed by atoms with Crippen molar-refractivity contribution in [2.45, 2.75) is 52.5 Å². The largest absolute Gasteiger partial charge is 0.372 e. The summed E-state index contributed by atoms with van der Waals surface area (Å²) in [5.41, 5.74) is 0.377. The minimum atomic E-state index is 0.0274. The Morgan fingerprint density at radius 3 is 2.87 bits per heavy atom. The highest BCUT2D eigenvalue weighted by atomic mass is 16.5. The maximum absolute atomic E-state index is 11.4. The molecular weight excluding hydrogens is 190 g/mol. The first-order valence-electron chi connectivity index (χ1n) is 5.90. The monoisotopic (exact) mass is 213 g/mol. The molecule has 0 aromatic rings. The molecule has 3 heteroatoms. The molecule has 1 rings (SSSR count). The van der Waals surface area contributed by atoms with Crippen LogP contribution in [0.15, 0.2) is 0 Å². The van der Waals surface area contributed by atoms with E-state index in [1.807, 2.05) is 6.92 Å². The zero-order valence-corrected chi connectivity index (χ0v) is 10.1. The Balaban J connectivity index is 2.28. The lowest BCUT2D eigenvalue weighted by Crippen LogP contribution is -2.42. The molecule has 1 aliphatic carbocycles. The number of hydrogen-bond acceptors (Lipinski definition) is 2. The van der Waals surface area contributed by atoms with E-state index in [1.54, 1.807) is 0 Å². The molecule has 1 amide bonds. The van der Waals surface area contributed by atoms with Gasteiger partial charge in [-0.05, 0) is 31.6 Å². The summed E-state index contributed by atoms with van der Waals surface area (Å²) in [4.78, 5) is 11.4. The molecule has 88 valence electrons. The van der Waals surface area contributed by atoms with Crippen LogP contribution in [0.25, 0.3) is 0 Å². The Kier molecular flexibility index (Phi) is 4.58. The average Bonchev–Trinajstić information content (AvgIpc) is 2.13. The molecular formula is C12H23NO2. The van der Waals surface area contributed by atoms with Gasteiger partial charge in [-0.2, -0.15) is 0 Å². The van der Waals surface area contributed by atoms with Crippen LogP contribution < -0.4 is 5.32 Å². The van der Waals surface area contributed by atoms with Gasteiger partial charge in [0.1, 0.15) is 6.61 Å². The van der Waals surface area contributed by atoms with E-state index in [9.17, 15) is 4.79 Å². The van der Waals surface area contributed by atoms with E-state index in [4.69, 9.17) is 4.74 Å². The van der Waals surface area contributed by atoms with E-state index in [1.165, 1.54) is 12.8 Å². The first-order valence-corrected chi connectivity index (χ1v) is 5.90. The average molecular weight is 213 g/mol. The minimum Gasteiger partial charge on any atom is -0.372 e. The van der Waals surface area contributed by atoms with Crippen molar-refractivity contribution in [2.24, 2.45) is 5.41 Å². The standard InChI is InChI=1S/C12H23NO2/c1-4-15-9-11(14)13-10-6-5-7-12(2,3)8-10/h10H,4-9H2,1-3H3,(H,13,14). The third-order valence-corrected chi connectivity index (χ3v) is 3.01. The first-order chi connectivity index (χ1) is 7.03. The van der Waals surface area contributed by atoms with E-state index in [0.717, 1.165) is 12.8 Å². The highest BCUT2D eigenvalue weighted by Gasteiger charge is 2.28. The van der Waals surface area contributed by atoms with Gasteiger partial charge in [0, 0.05) is 12.6 Å². The summed E-state index contributed by atoms with van der Waals surface area (Å²) in [7, 11) is 0. The lowest BCUT2D eigenvalue weighted by atomic mass is 9.75. The van der Waals surface area contributed by atoms with Gasteiger partial charge in [0.25, 0.3) is 0 Å². The Morgan fingerprint density at radius 2 is 2.27 bits per heavy atom. The van der Waals surface area contributed by atoms with E-state index in [2.05, 4.69) is 19.2 Å². The van der Waals surface area contributed by atoms with Crippen LogP contribution in [0.4, 0.5) is 0 Å². The van der Waals surface area contributed by atoms with Crippen molar-refractivity contribution in [1.82, 2.24) is 5.32 Å². The summed E-state index contributed by atoms with van der Waals surface area (Å²) < 4.78 is 5.08. The second-order valence-electron chi connectivity index (χ2n) is 5.16. The van der Waals surface area contributed by atoms with Gasteiger partial charge in [-0.25, -0.2) is 0 Å². The van der Waals surface area contributed by atoms with Gasteiger partial charge in [0.15, 0.2) is 0 Å². The van der Waals surface area contributed by atoms with Crippen LogP contribution in [-0.2, 0) is 9.53 Å². The molecule has 0 radical (unpaired) electrons. The predicted molar refractivity (Wildman–Crippen MR) is 60.7 cm³/mol. The molecule has 0 spiro atoms. The molecule has 1 N–H and O–H groups in total. The fraction of sp³-hybridized carbons (Fsp3) is 0.917. The van der Waals surface area contributed by atoms with Gasteiger partial charge >= 0.3 is 0 Å². The Labute approximate surface area is 92.6 Å². The van der Waals surface area contributed by atoms with Crippen molar-refractivity contribution >= 4 is 5.91 Å². The normalized spacial score (nSPS) is 24.9. The van der Waals surface area contributed by atoms with Crippen LogP contribution in [0.2, 0.25) is 0 Å². The Morgan fingerprint density at radius 1 is 1.53 bits per heavy atom. The smallest absolute Gasteiger partial charge is 0.246 e. The molecule has 1 unspecified atom stereocenters. The second-order valence-corrected chi connectivity index (χ2v) is 5.16. The van der Waals surface area contributed by atoms with E-state index in [-0.39, 0.29) is 12.5 Å².